The fourth-order valence-corrected chi connectivity index (χ4v) is 10.3. The molecular formula is C17H18Se2. The molecule has 0 spiro atoms. The summed E-state index contributed by atoms with van der Waals surface area (Å²) in [5, 5.41) is 0. The van der Waals surface area contributed by atoms with Crippen LogP contribution in [0.3, 0.4) is 0 Å². The van der Waals surface area contributed by atoms with Crippen molar-refractivity contribution in [2.75, 3.05) is 0 Å². The third-order valence-corrected chi connectivity index (χ3v) is 10.7. The van der Waals surface area contributed by atoms with Crippen LogP contribution in [0.4, 0.5) is 0 Å². The minimum absolute atomic E-state index is 0.626. The quantitative estimate of drug-likeness (QED) is 0.716. The van der Waals surface area contributed by atoms with E-state index in [-0.39, 0.29) is 0 Å². The van der Waals surface area contributed by atoms with Crippen molar-refractivity contribution in [1.82, 2.24) is 0 Å². The Morgan fingerprint density at radius 3 is 1.47 bits per heavy atom. The van der Waals surface area contributed by atoms with Gasteiger partial charge in [0.15, 0.2) is 0 Å². The Kier molecular flexibility index (Phi) is 4.45. The Bertz CT molecular complexity index is 458. The Balaban J connectivity index is 1.79. The molecule has 2 aromatic rings. The second kappa shape index (κ2) is 6.29. The predicted molar refractivity (Wildman–Crippen MR) is 84.8 cm³/mol. The molecule has 1 fully saturated rings. The van der Waals surface area contributed by atoms with Crippen LogP contribution in [-0.2, 0) is 0 Å². The van der Waals surface area contributed by atoms with Crippen molar-refractivity contribution in [2.45, 2.75) is 28.9 Å². The van der Waals surface area contributed by atoms with Crippen LogP contribution in [0.15, 0.2) is 60.7 Å². The molecule has 0 aromatic heterocycles. The van der Waals surface area contributed by atoms with Gasteiger partial charge in [0.2, 0.25) is 0 Å². The van der Waals surface area contributed by atoms with Crippen molar-refractivity contribution in [3.05, 3.63) is 60.7 Å². The van der Waals surface area contributed by atoms with Gasteiger partial charge in [0.1, 0.15) is 0 Å². The molecule has 0 nitrogen and oxygen atoms in total. The Morgan fingerprint density at radius 1 is 0.632 bits per heavy atom. The van der Waals surface area contributed by atoms with Crippen molar-refractivity contribution in [3.63, 3.8) is 0 Å². The summed E-state index contributed by atoms with van der Waals surface area (Å²) in [7, 11) is 0. The zero-order valence-electron chi connectivity index (χ0n) is 10.9. The molecule has 0 aliphatic heterocycles. The van der Waals surface area contributed by atoms with E-state index in [1.54, 1.807) is 8.92 Å². The van der Waals surface area contributed by atoms with Gasteiger partial charge in [-0.2, -0.15) is 0 Å². The molecule has 0 bridgehead atoms. The van der Waals surface area contributed by atoms with Crippen molar-refractivity contribution in [3.8, 4) is 0 Å². The van der Waals surface area contributed by atoms with Gasteiger partial charge in [-0.15, -0.1) is 0 Å². The first-order chi connectivity index (χ1) is 9.36. The molecule has 0 N–H and O–H groups in total. The number of hydrogen-bond acceptors (Lipinski definition) is 0. The molecule has 0 atom stereocenters. The first kappa shape index (κ1) is 13.5. The second-order valence-corrected chi connectivity index (χ2v) is 12.4. The molecule has 1 aliphatic rings. The molecular weight excluding hydrogens is 362 g/mol. The van der Waals surface area contributed by atoms with Crippen LogP contribution < -0.4 is 8.92 Å². The number of benzene rings is 2. The van der Waals surface area contributed by atoms with Crippen molar-refractivity contribution in [2.24, 2.45) is 0 Å². The molecule has 98 valence electrons. The average Bonchev–Trinajstić information content (AvgIpc) is 2.89. The molecule has 2 heteroatoms. The maximum absolute atomic E-state index is 2.32. The fraction of sp³-hybridized carbons (Fsp3) is 0.294. The summed E-state index contributed by atoms with van der Waals surface area (Å²) in [6, 6.07) is 22.3. The second-order valence-electron chi connectivity index (χ2n) is 4.95. The summed E-state index contributed by atoms with van der Waals surface area (Å²) in [5.74, 6) is 0. The summed E-state index contributed by atoms with van der Waals surface area (Å²) in [6.07, 6.45) is 5.75. The van der Waals surface area contributed by atoms with E-state index in [0.717, 1.165) is 0 Å². The Morgan fingerprint density at radius 2 is 1.05 bits per heavy atom. The maximum atomic E-state index is 2.32. The van der Waals surface area contributed by atoms with Crippen LogP contribution in [0.1, 0.15) is 25.7 Å². The summed E-state index contributed by atoms with van der Waals surface area (Å²) in [4.78, 5) is 0. The zero-order chi connectivity index (χ0) is 13.0. The SMILES string of the molecule is c1ccc([Se]C2([Se]c3ccccc3)CCCC2)cc1. The van der Waals surface area contributed by atoms with Gasteiger partial charge < -0.3 is 0 Å². The van der Waals surface area contributed by atoms with Gasteiger partial charge in [-0.1, -0.05) is 0 Å². The Hall–Kier alpha value is -0.521. The minimum atomic E-state index is 0.626. The molecule has 0 radical (unpaired) electrons. The Labute approximate surface area is 128 Å². The van der Waals surface area contributed by atoms with E-state index < -0.39 is 0 Å². The van der Waals surface area contributed by atoms with Gasteiger partial charge in [-0.25, -0.2) is 0 Å². The van der Waals surface area contributed by atoms with Crippen LogP contribution in [0.5, 0.6) is 0 Å². The molecule has 2 aromatic carbocycles. The number of hydrogen-bond donors (Lipinski definition) is 0. The van der Waals surface area contributed by atoms with E-state index in [9.17, 15) is 0 Å². The summed E-state index contributed by atoms with van der Waals surface area (Å²) in [6.45, 7) is 0. The molecule has 0 saturated heterocycles. The van der Waals surface area contributed by atoms with E-state index in [1.807, 2.05) is 0 Å². The van der Waals surface area contributed by atoms with E-state index in [4.69, 9.17) is 0 Å². The first-order valence-corrected chi connectivity index (χ1v) is 10.3. The molecule has 1 aliphatic carbocycles. The molecule has 1 saturated carbocycles. The van der Waals surface area contributed by atoms with Crippen LogP contribution in [-0.4, -0.2) is 29.9 Å². The van der Waals surface area contributed by atoms with Gasteiger partial charge in [0, 0.05) is 0 Å². The fourth-order valence-electron chi connectivity index (χ4n) is 2.55. The number of rotatable bonds is 4. The van der Waals surface area contributed by atoms with Crippen LogP contribution >= 0.6 is 0 Å². The topological polar surface area (TPSA) is 0 Å². The van der Waals surface area contributed by atoms with Crippen molar-refractivity contribution >= 4 is 38.8 Å². The standard InChI is InChI=1S/C17H18Se2/c1-3-9-15(10-4-1)18-17(13-7-8-14-17)19-16-11-5-2-6-12-16/h1-6,9-12H,7-8,13-14H2. The zero-order valence-corrected chi connectivity index (χ0v) is 14.3. The van der Waals surface area contributed by atoms with Crippen LogP contribution in [0.25, 0.3) is 0 Å². The van der Waals surface area contributed by atoms with Gasteiger partial charge in [-0.05, 0) is 0 Å². The first-order valence-electron chi connectivity index (χ1n) is 6.84. The average molecular weight is 380 g/mol. The molecule has 0 heterocycles. The third-order valence-electron chi connectivity index (χ3n) is 3.46. The normalized spacial score (nSPS) is 17.5. The molecule has 19 heavy (non-hydrogen) atoms. The summed E-state index contributed by atoms with van der Waals surface area (Å²) >= 11 is 1.25. The predicted octanol–water partition coefficient (Wildman–Crippen LogP) is 2.74. The van der Waals surface area contributed by atoms with Crippen molar-refractivity contribution < 1.29 is 0 Å². The third kappa shape index (κ3) is 3.52. The summed E-state index contributed by atoms with van der Waals surface area (Å²) in [5.41, 5.74) is 0. The van der Waals surface area contributed by atoms with Gasteiger partial charge >= 0.3 is 128 Å². The van der Waals surface area contributed by atoms with E-state index in [0.29, 0.717) is 33.1 Å². The van der Waals surface area contributed by atoms with Gasteiger partial charge in [0.25, 0.3) is 0 Å². The molecule has 3 rings (SSSR count). The van der Waals surface area contributed by atoms with Crippen LogP contribution in [0.2, 0.25) is 3.21 Å². The van der Waals surface area contributed by atoms with Gasteiger partial charge in [-0.3, -0.25) is 0 Å². The van der Waals surface area contributed by atoms with Crippen molar-refractivity contribution in [1.29, 1.82) is 0 Å². The van der Waals surface area contributed by atoms with Gasteiger partial charge in [0.05, 0.1) is 0 Å². The molecule has 0 unspecified atom stereocenters. The summed E-state index contributed by atoms with van der Waals surface area (Å²) < 4.78 is 3.78. The molecule has 0 amide bonds. The van der Waals surface area contributed by atoms with E-state index >= 15 is 0 Å². The monoisotopic (exact) mass is 382 g/mol. The van der Waals surface area contributed by atoms with Crippen LogP contribution in [0, 0.1) is 0 Å². The van der Waals surface area contributed by atoms with E-state index in [1.165, 1.54) is 25.7 Å². The van der Waals surface area contributed by atoms with E-state index in [2.05, 4.69) is 60.7 Å².